The van der Waals surface area contributed by atoms with E-state index in [1.54, 1.807) is 115 Å². The molecule has 3 aromatic carbocycles. The van der Waals surface area contributed by atoms with Crippen molar-refractivity contribution in [2.24, 2.45) is 0 Å². The van der Waals surface area contributed by atoms with Crippen LogP contribution in [0.2, 0.25) is 0 Å². The average Bonchev–Trinajstić information content (AvgIpc) is 1.67. The molecular weight excluding hydrogens is 1880 g/mol. The van der Waals surface area contributed by atoms with Crippen molar-refractivity contribution >= 4 is 65.3 Å². The number of aliphatic hydroxyl groups is 5. The van der Waals surface area contributed by atoms with E-state index in [1.807, 2.05) is 127 Å². The average molecular weight is 1970 g/mol. The van der Waals surface area contributed by atoms with Gasteiger partial charge in [-0.1, -0.05) is 177 Å². The van der Waals surface area contributed by atoms with Gasteiger partial charge in [-0.05, 0) is 76.4 Å². The lowest BCUT2D eigenvalue weighted by Crippen LogP contribution is -2.13. The van der Waals surface area contributed by atoms with Gasteiger partial charge in [-0.3, -0.25) is 19.9 Å². The van der Waals surface area contributed by atoms with Crippen molar-refractivity contribution in [3.8, 4) is 87.0 Å². The molecule has 0 radical (unpaired) electrons. The molecule has 22 rings (SSSR count). The van der Waals surface area contributed by atoms with Crippen molar-refractivity contribution in [2.75, 3.05) is 0 Å². The van der Waals surface area contributed by atoms with Crippen molar-refractivity contribution in [3.05, 3.63) is 298 Å². The van der Waals surface area contributed by atoms with Gasteiger partial charge in [0.2, 0.25) is 58.5 Å². The van der Waals surface area contributed by atoms with Gasteiger partial charge < -0.3 is 71.8 Å². The highest BCUT2D eigenvalue weighted by molar-refractivity contribution is 9.10. The third-order valence-corrected chi connectivity index (χ3v) is 22.2. The zero-order valence-corrected chi connectivity index (χ0v) is 78.6. The van der Waals surface area contributed by atoms with Gasteiger partial charge in [0.1, 0.15) is 66.1 Å². The van der Waals surface area contributed by atoms with Crippen LogP contribution in [-0.4, -0.2) is 170 Å². The van der Waals surface area contributed by atoms with Crippen LogP contribution in [0.4, 0.5) is 0 Å². The van der Waals surface area contributed by atoms with E-state index < -0.39 is 0 Å². The molecule has 0 atom stereocenters. The molecule has 5 N–H and O–H groups in total. The van der Waals surface area contributed by atoms with Crippen LogP contribution < -0.4 is 23.7 Å². The molecule has 0 aliphatic carbocycles. The molecule has 0 unspecified atom stereocenters. The zero-order valence-electron chi connectivity index (χ0n) is 77.0. The molecule has 45 heteroatoms. The second kappa shape index (κ2) is 41.4. The Morgan fingerprint density at radius 2 is 0.645 bits per heavy atom. The summed E-state index contributed by atoms with van der Waals surface area (Å²) in [6.07, 6.45) is 17.1. The van der Waals surface area contributed by atoms with Crippen LogP contribution in [-0.2, 0) is 82.3 Å². The van der Waals surface area contributed by atoms with Crippen LogP contribution in [0.15, 0.2) is 247 Å². The van der Waals surface area contributed by atoms with E-state index in [2.05, 4.69) is 200 Å². The molecule has 0 amide bonds. The summed E-state index contributed by atoms with van der Waals surface area (Å²) in [5.74, 6) is 6.09. The topological polar surface area (TPSA) is 544 Å². The van der Waals surface area contributed by atoms with Gasteiger partial charge in [-0.25, -0.2) is 13.5 Å². The summed E-state index contributed by atoms with van der Waals surface area (Å²) in [6, 6.07) is 48.4. The Balaban J connectivity index is 0.000000116. The first-order valence-corrected chi connectivity index (χ1v) is 44.6. The van der Waals surface area contributed by atoms with Crippen molar-refractivity contribution in [1.29, 1.82) is 0 Å². The molecule has 22 aromatic rings. The molecule has 44 nitrogen and oxygen atoms in total. The van der Waals surface area contributed by atoms with Gasteiger partial charge in [-0.15, -0.1) is 61.2 Å². The Labute approximate surface area is 806 Å². The third kappa shape index (κ3) is 20.8. The number of aliphatic hydroxyl groups excluding tert-OH is 5. The molecule has 0 spiro atoms. The smallest absolute Gasteiger partial charge is 0.240 e. The summed E-state index contributed by atoms with van der Waals surface area (Å²) >= 11 is 3.54. The fourth-order valence-electron chi connectivity index (χ4n) is 14.9. The van der Waals surface area contributed by atoms with Gasteiger partial charge in [0.15, 0.2) is 68.6 Å². The van der Waals surface area contributed by atoms with Crippen LogP contribution in [0.3, 0.4) is 0 Å². The second-order valence-corrected chi connectivity index (χ2v) is 35.4. The summed E-state index contributed by atoms with van der Waals surface area (Å²) in [5, 5.41) is 134. The number of aromatic nitrogens is 29. The van der Waals surface area contributed by atoms with Crippen LogP contribution in [0.5, 0.6) is 29.4 Å². The lowest BCUT2D eigenvalue weighted by atomic mass is 9.88. The fourth-order valence-corrected chi connectivity index (χ4v) is 15.3. The van der Waals surface area contributed by atoms with Crippen LogP contribution >= 0.6 is 15.9 Å². The molecule has 0 aliphatic heterocycles. The monoisotopic (exact) mass is 1970 g/mol. The lowest BCUT2D eigenvalue weighted by Gasteiger charge is -2.18. The predicted octanol–water partition coefficient (Wildman–Crippen LogP) is 13.8. The van der Waals surface area contributed by atoms with Gasteiger partial charge >= 0.3 is 0 Å². The summed E-state index contributed by atoms with van der Waals surface area (Å²) in [4.78, 5) is 16.5. The molecule has 19 aromatic heterocycles. The molecule has 0 fully saturated rings. The minimum atomic E-state index is -0.250. The highest BCUT2D eigenvalue weighted by Gasteiger charge is 2.33. The summed E-state index contributed by atoms with van der Waals surface area (Å²) in [6.45, 7) is 19.2. The van der Waals surface area contributed by atoms with Crippen LogP contribution in [0.25, 0.3) is 107 Å². The van der Waals surface area contributed by atoms with E-state index in [0.29, 0.717) is 160 Å². The van der Waals surface area contributed by atoms with Gasteiger partial charge in [0, 0.05) is 133 Å². The Bertz CT molecular complexity index is 7640. The maximum atomic E-state index is 9.23. The van der Waals surface area contributed by atoms with Gasteiger partial charge in [-0.2, -0.15) is 24.3 Å². The minimum absolute atomic E-state index is 0.240. The number of hydrogen-bond donors (Lipinski definition) is 5. The molecule has 0 aliphatic rings. The summed E-state index contributed by atoms with van der Waals surface area (Å²) < 4.78 is 64.6. The number of pyridine rings is 4. The molecule has 0 bridgehead atoms. The van der Waals surface area contributed by atoms with Crippen molar-refractivity contribution < 1.29 is 71.8 Å². The van der Waals surface area contributed by atoms with Crippen molar-refractivity contribution in [2.45, 2.75) is 145 Å². The molecule has 19 heterocycles. The quantitative estimate of drug-likeness (QED) is 0.0355. The predicted molar refractivity (Wildman–Crippen MR) is 505 cm³/mol. The Kier molecular flexibility index (Phi) is 27.7. The Hall–Kier alpha value is -17.1. The maximum Gasteiger partial charge on any atom is 0.240 e. The number of halogens is 1. The highest BCUT2D eigenvalue weighted by Crippen LogP contribution is 2.41. The van der Waals surface area contributed by atoms with E-state index in [4.69, 9.17) is 46.3 Å². The SMILES string of the molecule is CC(C)(C)c1c(OCc2ccccn2)nn2c(-c3cc(CO)on3)nncc12.CC(C)(C)c1c(OCc2cccnc2)nn2c(-c3cc(CO)on3)nncc12.CC(C)(C)c1c(OCc2ccncc2)nn2c(-c3cc(CO)on3)nncc12.OCc1cc(-c2nnc3c4ccccc4c(OCc4ccccc4Br)nn23)no1.OCc1cc(-c2nnc3c4ccccc4c(OCc4cccnc4)nn23)no1. The molecule has 714 valence electrons. The second-order valence-electron chi connectivity index (χ2n) is 34.5. The molecule has 0 saturated heterocycles. The van der Waals surface area contributed by atoms with Gasteiger partial charge in [0.05, 0.1) is 40.8 Å². The van der Waals surface area contributed by atoms with Crippen LogP contribution in [0.1, 0.15) is 136 Å². The maximum absolute atomic E-state index is 9.23. The van der Waals surface area contributed by atoms with E-state index >= 15 is 0 Å². The highest BCUT2D eigenvalue weighted by atomic mass is 79.9. The van der Waals surface area contributed by atoms with Crippen LogP contribution in [0, 0.1) is 0 Å². The van der Waals surface area contributed by atoms with Crippen molar-refractivity contribution in [1.82, 2.24) is 145 Å². The van der Waals surface area contributed by atoms with E-state index in [0.717, 1.165) is 87.2 Å². The number of benzene rings is 3. The van der Waals surface area contributed by atoms with Crippen molar-refractivity contribution in [3.63, 3.8) is 0 Å². The normalized spacial score (nSPS) is 11.7. The minimum Gasteiger partial charge on any atom is -0.472 e. The number of rotatable bonds is 25. The summed E-state index contributed by atoms with van der Waals surface area (Å²) in [5.41, 5.74) is 12.3. The first-order valence-electron chi connectivity index (χ1n) is 43.8. The van der Waals surface area contributed by atoms with E-state index in [9.17, 15) is 25.5 Å². The molecule has 0 saturated carbocycles. The lowest BCUT2D eigenvalue weighted by molar-refractivity contribution is 0.229. The van der Waals surface area contributed by atoms with Gasteiger partial charge in [0.25, 0.3) is 0 Å². The molecule has 141 heavy (non-hydrogen) atoms. The molecular formula is C96H88BrN29O15. The first-order chi connectivity index (χ1) is 68.5. The standard InChI is InChI=1S/C20H14BrN5O3.C19H14N6O3.3C19H20N6O3/c21-16-8-4-1-5-12(16)11-28-20-15-7-3-2-6-14(15)18-22-23-19(26(18)24-20)17-9-13(10-27)29-25-17;26-10-13-8-16(24-28-13)18-22-21-17-14-5-1-2-6-15(14)19(23-25(17)18)27-11-12-4-3-7-20-9-12;1-19(2,3)16-15-9-21-22-17(14-8-13(10-26)28-24-14)25(15)23-18(16)27-11-12-4-6-20-7-5-12;1-19(2,3)16-15-9-21-22-17(14-7-13(10-26)28-24-14)25(15)23-18(16)27-11-12-5-4-6-20-8-12;1-19(2,3)16-15-9-21-22-17(14-8-13(10-26)28-24-14)25(15)23-18(16)27-11-12-6-4-5-7-20-12/h1-9,27H,10-11H2;1-9,26H,10-11H2;3*4-9,26H,10-11H2,1-3H3. The first kappa shape index (κ1) is 94.2. The van der Waals surface area contributed by atoms with E-state index in [1.165, 1.54) is 0 Å². The number of ether oxygens (including phenoxy) is 5. The Morgan fingerprint density at radius 1 is 0.305 bits per heavy atom. The zero-order chi connectivity index (χ0) is 97.9. The number of hydrogen-bond acceptors (Lipinski definition) is 39. The largest absolute Gasteiger partial charge is 0.472 e. The fraction of sp³-hybridized carbons (Fsp3) is 0.229. The number of fused-ring (bicyclic) bond motifs is 9. The third-order valence-electron chi connectivity index (χ3n) is 21.4. The Morgan fingerprint density at radius 3 is 1.00 bits per heavy atom. The summed E-state index contributed by atoms with van der Waals surface area (Å²) in [7, 11) is 0. The van der Waals surface area contributed by atoms with E-state index in [-0.39, 0.29) is 49.3 Å². The number of nitrogens with zero attached hydrogens (tertiary/aromatic N) is 29.